The minimum Gasteiger partial charge on any atom is -0.307 e. The van der Waals surface area contributed by atoms with Crippen LogP contribution in [0.3, 0.4) is 0 Å². The lowest BCUT2D eigenvalue weighted by Gasteiger charge is -2.22. The first-order chi connectivity index (χ1) is 6.22. The molecule has 0 aromatic rings. The maximum Gasteiger partial charge on any atom is 0.0443 e. The quantitative estimate of drug-likeness (QED) is 0.690. The van der Waals surface area contributed by atoms with E-state index in [9.17, 15) is 0 Å². The molecule has 0 aliphatic rings. The van der Waals surface area contributed by atoms with Gasteiger partial charge in [0, 0.05) is 23.8 Å². The number of hydrogen-bond acceptors (Lipinski definition) is 2. The van der Waals surface area contributed by atoms with Gasteiger partial charge in [0.1, 0.15) is 0 Å². The van der Waals surface area contributed by atoms with E-state index in [1.165, 1.54) is 5.71 Å². The summed E-state index contributed by atoms with van der Waals surface area (Å²) in [6.07, 6.45) is 0. The van der Waals surface area contributed by atoms with Gasteiger partial charge in [-0.3, -0.25) is 4.99 Å². The molecule has 0 atom stereocenters. The largest absolute Gasteiger partial charge is 0.307 e. The van der Waals surface area contributed by atoms with Gasteiger partial charge in [0.05, 0.1) is 0 Å². The summed E-state index contributed by atoms with van der Waals surface area (Å²) < 4.78 is 0. The predicted octanol–water partition coefficient (Wildman–Crippen LogP) is 2.88. The van der Waals surface area contributed by atoms with E-state index in [1.807, 2.05) is 0 Å². The van der Waals surface area contributed by atoms with E-state index in [0.29, 0.717) is 12.0 Å². The molecule has 2 nitrogen and oxygen atoms in total. The molecule has 0 bridgehead atoms. The normalized spacial score (nSPS) is 14.2. The van der Waals surface area contributed by atoms with Crippen LogP contribution < -0.4 is 5.32 Å². The average Bonchev–Trinajstić information content (AvgIpc) is 1.94. The van der Waals surface area contributed by atoms with Gasteiger partial charge < -0.3 is 5.32 Å². The minimum absolute atomic E-state index is 0.173. The van der Waals surface area contributed by atoms with Crippen molar-refractivity contribution in [1.82, 2.24) is 5.32 Å². The fourth-order valence-electron chi connectivity index (χ4n) is 1.09. The van der Waals surface area contributed by atoms with Crippen LogP contribution in [0.5, 0.6) is 0 Å². The molecule has 2 heteroatoms. The van der Waals surface area contributed by atoms with Gasteiger partial charge in [0.15, 0.2) is 0 Å². The van der Waals surface area contributed by atoms with Crippen molar-refractivity contribution in [2.75, 3.05) is 6.54 Å². The molecule has 0 spiro atoms. The maximum atomic E-state index is 4.63. The highest BCUT2D eigenvalue weighted by atomic mass is 15.0. The summed E-state index contributed by atoms with van der Waals surface area (Å²) in [5.41, 5.74) is 1.45. The van der Waals surface area contributed by atoms with Crippen LogP contribution in [0.25, 0.3) is 0 Å². The van der Waals surface area contributed by atoms with E-state index in [1.54, 1.807) is 0 Å². The second-order valence-corrected chi connectivity index (χ2v) is 5.47. The van der Waals surface area contributed by atoms with E-state index in [2.05, 4.69) is 58.8 Å². The summed E-state index contributed by atoms with van der Waals surface area (Å²) in [6.45, 7) is 16.1. The molecule has 0 radical (unpaired) electrons. The van der Waals surface area contributed by atoms with Gasteiger partial charge in [0.25, 0.3) is 0 Å². The molecular weight excluding hydrogens is 172 g/mol. The highest BCUT2D eigenvalue weighted by Gasteiger charge is 2.12. The molecule has 0 aliphatic heterocycles. The molecule has 84 valence electrons. The number of rotatable bonds is 4. The van der Waals surface area contributed by atoms with Crippen LogP contribution in [0.1, 0.15) is 48.5 Å². The fourth-order valence-corrected chi connectivity index (χ4v) is 1.09. The number of nitrogens with one attached hydrogen (secondary N) is 1. The first-order valence-corrected chi connectivity index (χ1v) is 5.54. The highest BCUT2D eigenvalue weighted by Crippen LogP contribution is 2.03. The molecule has 0 amide bonds. The van der Waals surface area contributed by atoms with Gasteiger partial charge in [-0.25, -0.2) is 0 Å². The summed E-state index contributed by atoms with van der Waals surface area (Å²) in [7, 11) is 0. The van der Waals surface area contributed by atoms with Crippen LogP contribution in [-0.4, -0.2) is 23.8 Å². The molecular formula is C12H26N2. The lowest BCUT2D eigenvalue weighted by molar-refractivity contribution is 0.451. The molecule has 0 rings (SSSR count). The zero-order valence-electron chi connectivity index (χ0n) is 10.8. The zero-order valence-corrected chi connectivity index (χ0v) is 10.8. The van der Waals surface area contributed by atoms with Crippen molar-refractivity contribution in [1.29, 1.82) is 0 Å². The second kappa shape index (κ2) is 5.50. The van der Waals surface area contributed by atoms with Crippen molar-refractivity contribution < 1.29 is 0 Å². The predicted molar refractivity (Wildman–Crippen MR) is 65.2 cm³/mol. The van der Waals surface area contributed by atoms with Crippen LogP contribution >= 0.6 is 0 Å². The molecule has 0 fully saturated rings. The molecule has 0 saturated heterocycles. The number of aliphatic imine (C=N–C) groups is 1. The third kappa shape index (κ3) is 7.07. The summed E-state index contributed by atoms with van der Waals surface area (Å²) in [4.78, 5) is 4.63. The first-order valence-electron chi connectivity index (χ1n) is 5.54. The monoisotopic (exact) mass is 198 g/mol. The third-order valence-electron chi connectivity index (χ3n) is 1.89. The maximum absolute atomic E-state index is 4.63. The topological polar surface area (TPSA) is 24.4 Å². The van der Waals surface area contributed by atoms with Crippen molar-refractivity contribution in [3.05, 3.63) is 0 Å². The van der Waals surface area contributed by atoms with Crippen molar-refractivity contribution in [2.24, 2.45) is 10.9 Å². The Morgan fingerprint density at radius 1 is 1.14 bits per heavy atom. The lowest BCUT2D eigenvalue weighted by Crippen LogP contribution is -2.40. The van der Waals surface area contributed by atoms with Crippen molar-refractivity contribution in [3.8, 4) is 0 Å². The van der Waals surface area contributed by atoms with E-state index >= 15 is 0 Å². The molecule has 0 aromatic heterocycles. The van der Waals surface area contributed by atoms with Crippen molar-refractivity contribution in [2.45, 2.75) is 60.0 Å². The summed E-state index contributed by atoms with van der Waals surface area (Å²) >= 11 is 0. The second-order valence-electron chi connectivity index (χ2n) is 5.47. The van der Waals surface area contributed by atoms with Gasteiger partial charge in [-0.15, -0.1) is 0 Å². The molecule has 0 unspecified atom stereocenters. The first kappa shape index (κ1) is 13.6. The lowest BCUT2D eigenvalue weighted by atomic mass is 10.0. The summed E-state index contributed by atoms with van der Waals surface area (Å²) in [5.74, 6) is 0.534. The Bertz CT molecular complexity index is 185. The fraction of sp³-hybridized carbons (Fsp3) is 0.917. The van der Waals surface area contributed by atoms with E-state index in [4.69, 9.17) is 0 Å². The van der Waals surface area contributed by atoms with E-state index in [-0.39, 0.29) is 5.54 Å². The van der Waals surface area contributed by atoms with Gasteiger partial charge in [-0.05, 0) is 40.5 Å². The van der Waals surface area contributed by atoms with Crippen LogP contribution in [0.15, 0.2) is 4.99 Å². The van der Waals surface area contributed by atoms with Gasteiger partial charge in [0.2, 0.25) is 0 Å². The van der Waals surface area contributed by atoms with Crippen molar-refractivity contribution in [3.63, 3.8) is 0 Å². The number of nitrogens with zero attached hydrogens (tertiary/aromatic N) is 1. The Balaban J connectivity index is 4.26. The van der Waals surface area contributed by atoms with E-state index in [0.717, 1.165) is 6.54 Å². The average molecular weight is 198 g/mol. The van der Waals surface area contributed by atoms with Crippen LogP contribution in [-0.2, 0) is 0 Å². The Morgan fingerprint density at radius 3 is 1.93 bits per heavy atom. The highest BCUT2D eigenvalue weighted by molar-refractivity contribution is 5.88. The van der Waals surface area contributed by atoms with E-state index < -0.39 is 0 Å². The number of hydrogen-bond donors (Lipinski definition) is 1. The minimum atomic E-state index is 0.173. The smallest absolute Gasteiger partial charge is 0.0443 e. The van der Waals surface area contributed by atoms with Gasteiger partial charge >= 0.3 is 0 Å². The molecule has 0 aliphatic carbocycles. The van der Waals surface area contributed by atoms with Gasteiger partial charge in [-0.2, -0.15) is 0 Å². The Morgan fingerprint density at radius 2 is 1.64 bits per heavy atom. The zero-order chi connectivity index (χ0) is 11.4. The molecule has 1 N–H and O–H groups in total. The SMILES string of the molecule is CC(C)N=C(CNC(C)(C)C)C(C)C. The Hall–Kier alpha value is -0.370. The Labute approximate surface area is 89.2 Å². The Kier molecular flexibility index (Phi) is 5.35. The molecule has 0 heterocycles. The summed E-state index contributed by atoms with van der Waals surface area (Å²) in [6, 6.07) is 0.397. The summed E-state index contributed by atoms with van der Waals surface area (Å²) in [5, 5.41) is 3.48. The molecule has 14 heavy (non-hydrogen) atoms. The standard InChI is InChI=1S/C12H26N2/c1-9(2)11(14-10(3)4)8-13-12(5,6)7/h9-10,13H,8H2,1-7H3. The van der Waals surface area contributed by atoms with Crippen LogP contribution in [0, 0.1) is 5.92 Å². The van der Waals surface area contributed by atoms with Crippen molar-refractivity contribution >= 4 is 5.71 Å². The molecule has 0 saturated carbocycles. The van der Waals surface area contributed by atoms with Gasteiger partial charge in [-0.1, -0.05) is 13.8 Å². The van der Waals surface area contributed by atoms with Crippen LogP contribution in [0.2, 0.25) is 0 Å². The molecule has 0 aromatic carbocycles. The third-order valence-corrected chi connectivity index (χ3v) is 1.89. The van der Waals surface area contributed by atoms with Crippen LogP contribution in [0.4, 0.5) is 0 Å².